The first-order chi connectivity index (χ1) is 11.5. The molecule has 0 saturated heterocycles. The minimum absolute atomic E-state index is 0.241. The largest absolute Gasteiger partial charge is 0.296 e. The van der Waals surface area contributed by atoms with Crippen LogP contribution in [0, 0.1) is 13.8 Å². The summed E-state index contributed by atoms with van der Waals surface area (Å²) in [6.45, 7) is 6.66. The second-order valence-electron chi connectivity index (χ2n) is 5.45. The van der Waals surface area contributed by atoms with E-state index in [1.54, 1.807) is 22.1 Å². The summed E-state index contributed by atoms with van der Waals surface area (Å²) in [6.07, 6.45) is 0. The van der Waals surface area contributed by atoms with Crippen LogP contribution < -0.4 is 5.32 Å². The smallest absolute Gasteiger partial charge is 0.277 e. The number of aryl methyl sites for hydroxylation is 3. The highest BCUT2D eigenvalue weighted by Gasteiger charge is 2.16. The van der Waals surface area contributed by atoms with Crippen LogP contribution in [0.2, 0.25) is 0 Å². The summed E-state index contributed by atoms with van der Waals surface area (Å²) in [5, 5.41) is 8.75. The zero-order chi connectivity index (χ0) is 16.8. The molecular weight excluding hydrogens is 342 g/mol. The molecule has 0 spiro atoms. The van der Waals surface area contributed by atoms with E-state index >= 15 is 0 Å². The van der Waals surface area contributed by atoms with Crippen molar-refractivity contribution in [1.82, 2.24) is 19.7 Å². The van der Waals surface area contributed by atoms with Crippen molar-refractivity contribution in [2.24, 2.45) is 0 Å². The lowest BCUT2D eigenvalue weighted by Gasteiger charge is -1.98. The molecule has 4 rings (SSSR count). The highest BCUT2D eigenvalue weighted by Crippen LogP contribution is 2.34. The van der Waals surface area contributed by atoms with E-state index in [-0.39, 0.29) is 5.91 Å². The maximum atomic E-state index is 12.4. The maximum absolute atomic E-state index is 12.4. The van der Waals surface area contributed by atoms with Crippen LogP contribution in [0.15, 0.2) is 18.2 Å². The van der Waals surface area contributed by atoms with Crippen molar-refractivity contribution < 1.29 is 4.79 Å². The van der Waals surface area contributed by atoms with Gasteiger partial charge in [0, 0.05) is 12.2 Å². The lowest BCUT2D eigenvalue weighted by Crippen LogP contribution is -2.13. The summed E-state index contributed by atoms with van der Waals surface area (Å²) in [4.78, 5) is 21.5. The van der Waals surface area contributed by atoms with Crippen LogP contribution in [0.1, 0.15) is 28.1 Å². The number of hydrogen-bond donors (Lipinski definition) is 1. The van der Waals surface area contributed by atoms with Gasteiger partial charge in [-0.25, -0.2) is 9.97 Å². The van der Waals surface area contributed by atoms with Crippen LogP contribution in [0.5, 0.6) is 0 Å². The molecule has 0 fully saturated rings. The molecule has 1 aromatic carbocycles. The third kappa shape index (κ3) is 2.47. The van der Waals surface area contributed by atoms with Gasteiger partial charge in [-0.3, -0.25) is 14.8 Å². The van der Waals surface area contributed by atoms with Gasteiger partial charge in [0.25, 0.3) is 5.91 Å². The summed E-state index contributed by atoms with van der Waals surface area (Å²) < 4.78 is 3.94. The number of anilines is 1. The highest BCUT2D eigenvalue weighted by molar-refractivity contribution is 7.24. The average molecular weight is 357 g/mol. The molecule has 0 saturated carbocycles. The van der Waals surface area contributed by atoms with Crippen molar-refractivity contribution in [2.75, 3.05) is 5.32 Å². The van der Waals surface area contributed by atoms with E-state index in [0.717, 1.165) is 37.7 Å². The van der Waals surface area contributed by atoms with Crippen LogP contribution in [0.4, 0.5) is 5.13 Å². The summed E-state index contributed by atoms with van der Waals surface area (Å²) >= 11 is 3.11. The molecular formula is C16H15N5OS2. The Hall–Kier alpha value is -2.32. The van der Waals surface area contributed by atoms with Crippen LogP contribution >= 0.6 is 22.7 Å². The Morgan fingerprint density at radius 3 is 2.83 bits per heavy atom. The number of fused-ring (bicyclic) bond motifs is 3. The number of thiazole rings is 2. The maximum Gasteiger partial charge on any atom is 0.277 e. The Bertz CT molecular complexity index is 1080. The Morgan fingerprint density at radius 2 is 2.08 bits per heavy atom. The van der Waals surface area contributed by atoms with Gasteiger partial charge in [-0.05, 0) is 39.0 Å². The molecule has 0 bridgehead atoms. The van der Waals surface area contributed by atoms with E-state index in [2.05, 4.69) is 20.4 Å². The molecule has 0 radical (unpaired) electrons. The lowest BCUT2D eigenvalue weighted by molar-refractivity contribution is 0.102. The van der Waals surface area contributed by atoms with Gasteiger partial charge >= 0.3 is 0 Å². The number of carbonyl (C=O) groups is 1. The zero-order valence-corrected chi connectivity index (χ0v) is 15.1. The third-order valence-electron chi connectivity index (χ3n) is 3.76. The van der Waals surface area contributed by atoms with E-state index in [1.807, 2.05) is 32.9 Å². The van der Waals surface area contributed by atoms with E-state index in [9.17, 15) is 4.79 Å². The van der Waals surface area contributed by atoms with Gasteiger partial charge in [-0.2, -0.15) is 5.10 Å². The molecule has 0 unspecified atom stereocenters. The Kier molecular flexibility index (Phi) is 3.58. The first-order valence-corrected chi connectivity index (χ1v) is 9.21. The molecule has 1 N–H and O–H groups in total. The van der Waals surface area contributed by atoms with Gasteiger partial charge in [-0.1, -0.05) is 11.3 Å². The monoisotopic (exact) mass is 357 g/mol. The zero-order valence-electron chi connectivity index (χ0n) is 13.5. The molecule has 122 valence electrons. The van der Waals surface area contributed by atoms with Crippen molar-refractivity contribution in [1.29, 1.82) is 0 Å². The van der Waals surface area contributed by atoms with Crippen LogP contribution in [0.25, 0.3) is 20.4 Å². The Labute approximate surface area is 146 Å². The minimum Gasteiger partial charge on any atom is -0.296 e. The number of benzene rings is 1. The summed E-state index contributed by atoms with van der Waals surface area (Å²) in [5.74, 6) is -0.241. The minimum atomic E-state index is -0.241. The number of carbonyl (C=O) groups excluding carboxylic acids is 1. The van der Waals surface area contributed by atoms with Gasteiger partial charge in [0.05, 0.1) is 19.9 Å². The SMILES string of the molecule is CCn1nc(C(=O)Nc2nc3ccc4sc(C)nc4c3s2)cc1C. The standard InChI is InChI=1S/C16H15N5OS2/c1-4-21-8(2)7-11(20-21)15(22)19-16-18-10-5-6-12-13(14(10)24-16)17-9(3)23-12/h5-7H,4H2,1-3H3,(H,18,19,22). The summed E-state index contributed by atoms with van der Waals surface area (Å²) in [5.41, 5.74) is 3.18. The molecule has 3 aromatic heterocycles. The fourth-order valence-corrected chi connectivity index (χ4v) is 4.50. The average Bonchev–Trinajstić information content (AvgIpc) is 3.21. The second kappa shape index (κ2) is 5.64. The third-order valence-corrected chi connectivity index (χ3v) is 5.68. The van der Waals surface area contributed by atoms with E-state index in [4.69, 9.17) is 0 Å². The molecule has 4 aromatic rings. The van der Waals surface area contributed by atoms with Crippen molar-refractivity contribution >= 4 is 54.1 Å². The van der Waals surface area contributed by atoms with Gasteiger partial charge in [0.1, 0.15) is 5.52 Å². The molecule has 1 amide bonds. The molecule has 6 nitrogen and oxygen atoms in total. The normalized spacial score (nSPS) is 11.5. The molecule has 0 atom stereocenters. The topological polar surface area (TPSA) is 72.7 Å². The van der Waals surface area contributed by atoms with Crippen LogP contribution in [0.3, 0.4) is 0 Å². The van der Waals surface area contributed by atoms with Crippen LogP contribution in [-0.2, 0) is 6.54 Å². The molecule has 3 heterocycles. The van der Waals surface area contributed by atoms with E-state index < -0.39 is 0 Å². The fraction of sp³-hybridized carbons (Fsp3) is 0.250. The number of aromatic nitrogens is 4. The molecule has 0 aliphatic rings. The van der Waals surface area contributed by atoms with E-state index in [1.165, 1.54) is 11.3 Å². The molecule has 8 heteroatoms. The van der Waals surface area contributed by atoms with Crippen molar-refractivity contribution in [2.45, 2.75) is 27.3 Å². The van der Waals surface area contributed by atoms with Crippen molar-refractivity contribution in [3.63, 3.8) is 0 Å². The fourth-order valence-electron chi connectivity index (χ4n) is 2.64. The second-order valence-corrected chi connectivity index (χ2v) is 7.69. The quantitative estimate of drug-likeness (QED) is 0.602. The number of amides is 1. The number of nitrogens with one attached hydrogen (secondary N) is 1. The van der Waals surface area contributed by atoms with Gasteiger partial charge in [-0.15, -0.1) is 11.3 Å². The molecule has 0 aliphatic carbocycles. The van der Waals surface area contributed by atoms with Crippen LogP contribution in [-0.4, -0.2) is 25.7 Å². The highest BCUT2D eigenvalue weighted by atomic mass is 32.1. The van der Waals surface area contributed by atoms with Gasteiger partial charge in [0.2, 0.25) is 0 Å². The van der Waals surface area contributed by atoms with Gasteiger partial charge < -0.3 is 0 Å². The predicted molar refractivity (Wildman–Crippen MR) is 98.1 cm³/mol. The summed E-state index contributed by atoms with van der Waals surface area (Å²) in [6, 6.07) is 5.78. The Balaban J connectivity index is 1.68. The predicted octanol–water partition coefficient (Wildman–Crippen LogP) is 3.99. The number of hydrogen-bond acceptors (Lipinski definition) is 6. The van der Waals surface area contributed by atoms with Gasteiger partial charge in [0.15, 0.2) is 10.8 Å². The number of rotatable bonds is 3. The molecule has 0 aliphatic heterocycles. The first-order valence-electron chi connectivity index (χ1n) is 7.57. The lowest BCUT2D eigenvalue weighted by atomic mass is 10.3. The van der Waals surface area contributed by atoms with Crippen molar-refractivity contribution in [3.8, 4) is 0 Å². The van der Waals surface area contributed by atoms with Crippen molar-refractivity contribution in [3.05, 3.63) is 34.6 Å². The molecule has 24 heavy (non-hydrogen) atoms. The Morgan fingerprint density at radius 1 is 1.25 bits per heavy atom. The van der Waals surface area contributed by atoms with E-state index in [0.29, 0.717) is 10.8 Å². The summed E-state index contributed by atoms with van der Waals surface area (Å²) in [7, 11) is 0. The first kappa shape index (κ1) is 15.2. The number of nitrogens with zero attached hydrogens (tertiary/aromatic N) is 4.